The van der Waals surface area contributed by atoms with Crippen molar-refractivity contribution in [3.63, 3.8) is 0 Å². The molecule has 0 unspecified atom stereocenters. The molecule has 0 spiro atoms. The third-order valence-corrected chi connectivity index (χ3v) is 6.04. The highest BCUT2D eigenvalue weighted by Gasteiger charge is 2.09. The van der Waals surface area contributed by atoms with Gasteiger partial charge in [0.25, 0.3) is 0 Å². The van der Waals surface area contributed by atoms with Crippen LogP contribution in [-0.4, -0.2) is 4.98 Å². The predicted octanol–water partition coefficient (Wildman–Crippen LogP) is 9.07. The van der Waals surface area contributed by atoms with Crippen LogP contribution in [0.25, 0.3) is 0 Å². The monoisotopic (exact) mass is 405 g/mol. The molecule has 0 fully saturated rings. The maximum Gasteiger partial charge on any atom is 0.0822 e. The normalized spacial score (nSPS) is 11.2. The van der Waals surface area contributed by atoms with Gasteiger partial charge in [-0.3, -0.25) is 4.98 Å². The highest BCUT2D eigenvalue weighted by Crippen LogP contribution is 2.31. The van der Waals surface area contributed by atoms with Gasteiger partial charge in [0.2, 0.25) is 0 Å². The van der Waals surface area contributed by atoms with Gasteiger partial charge in [-0.1, -0.05) is 125 Å². The highest BCUT2D eigenvalue weighted by atomic mass is 35.5. The number of hydrogen-bond acceptors (Lipinski definition) is 1. The quantitative estimate of drug-likeness (QED) is 0.265. The van der Waals surface area contributed by atoms with Crippen LogP contribution in [0.4, 0.5) is 0 Å². The van der Waals surface area contributed by atoms with E-state index in [1.807, 2.05) is 0 Å². The molecular weight excluding hydrogens is 373 g/mol. The van der Waals surface area contributed by atoms with Crippen molar-refractivity contribution in [3.05, 3.63) is 27.0 Å². The fourth-order valence-electron chi connectivity index (χ4n) is 3.14. The summed E-state index contributed by atoms with van der Waals surface area (Å²) in [5.74, 6) is 0. The van der Waals surface area contributed by atoms with E-state index < -0.39 is 0 Å². The lowest BCUT2D eigenvalue weighted by molar-refractivity contribution is 0.535. The molecule has 0 aliphatic heterocycles. The van der Waals surface area contributed by atoms with Crippen molar-refractivity contribution >= 4 is 34.8 Å². The topological polar surface area (TPSA) is 12.9 Å². The minimum Gasteiger partial charge on any atom is -0.258 e. The average Bonchev–Trinajstić information content (AvgIpc) is 2.61. The second kappa shape index (κ2) is 15.1. The minimum absolute atomic E-state index is 0.427. The van der Waals surface area contributed by atoms with Crippen LogP contribution < -0.4 is 0 Å². The lowest BCUT2D eigenvalue weighted by Gasteiger charge is -2.06. The van der Waals surface area contributed by atoms with Crippen molar-refractivity contribution in [2.24, 2.45) is 0 Å². The molecule has 0 atom stereocenters. The van der Waals surface area contributed by atoms with Crippen LogP contribution in [0.5, 0.6) is 0 Å². The lowest BCUT2D eigenvalue weighted by atomic mass is 10.0. The van der Waals surface area contributed by atoms with Crippen LogP contribution in [0, 0.1) is 0 Å². The van der Waals surface area contributed by atoms with Crippen molar-refractivity contribution in [2.75, 3.05) is 0 Å². The van der Waals surface area contributed by atoms with Crippen molar-refractivity contribution < 1.29 is 0 Å². The number of unbranched alkanes of at least 4 members (excludes halogenated alkanes) is 13. The Morgan fingerprint density at radius 3 is 1.56 bits per heavy atom. The van der Waals surface area contributed by atoms with Crippen LogP contribution in [0.1, 0.15) is 103 Å². The summed E-state index contributed by atoms with van der Waals surface area (Å²) in [6.07, 6.45) is 21.6. The Morgan fingerprint density at radius 1 is 0.640 bits per heavy atom. The Morgan fingerprint density at radius 2 is 1.08 bits per heavy atom. The first-order valence-electron chi connectivity index (χ1n) is 10.1. The van der Waals surface area contributed by atoms with Crippen LogP contribution in [0.3, 0.4) is 0 Å². The van der Waals surface area contributed by atoms with E-state index in [-0.39, 0.29) is 0 Å². The van der Waals surface area contributed by atoms with Gasteiger partial charge in [-0.25, -0.2) is 0 Å². The van der Waals surface area contributed by atoms with Crippen LogP contribution in [-0.2, 0) is 6.42 Å². The molecule has 0 radical (unpaired) electrons. The Bertz CT molecular complexity index is 463. The predicted molar refractivity (Wildman–Crippen MR) is 113 cm³/mol. The smallest absolute Gasteiger partial charge is 0.0822 e. The Balaban J connectivity index is 1.90. The molecule has 1 nitrogen and oxygen atoms in total. The summed E-state index contributed by atoms with van der Waals surface area (Å²) in [4.78, 5) is 4.29. The molecule has 1 rings (SSSR count). The van der Waals surface area contributed by atoms with E-state index in [9.17, 15) is 0 Å². The van der Waals surface area contributed by atoms with E-state index in [2.05, 4.69) is 11.9 Å². The van der Waals surface area contributed by atoms with E-state index in [4.69, 9.17) is 34.8 Å². The van der Waals surface area contributed by atoms with Crippen molar-refractivity contribution in [2.45, 2.75) is 103 Å². The molecule has 25 heavy (non-hydrogen) atoms. The maximum absolute atomic E-state index is 6.18. The van der Waals surface area contributed by atoms with Gasteiger partial charge in [-0.05, 0) is 12.8 Å². The zero-order valence-corrected chi connectivity index (χ0v) is 18.0. The Kier molecular flexibility index (Phi) is 13.9. The summed E-state index contributed by atoms with van der Waals surface area (Å²) in [6.45, 7) is 2.28. The van der Waals surface area contributed by atoms with E-state index in [0.29, 0.717) is 15.1 Å². The zero-order valence-electron chi connectivity index (χ0n) is 15.8. The number of aryl methyl sites for hydroxylation is 1. The second-order valence-corrected chi connectivity index (χ2v) is 8.19. The van der Waals surface area contributed by atoms with Crippen LogP contribution in [0.2, 0.25) is 15.1 Å². The molecular formula is C21H34Cl3N. The molecule has 0 saturated heterocycles. The number of aromatic nitrogens is 1. The van der Waals surface area contributed by atoms with Crippen LogP contribution in [0.15, 0.2) is 6.20 Å². The van der Waals surface area contributed by atoms with E-state index in [0.717, 1.165) is 18.5 Å². The molecule has 1 aromatic rings. The van der Waals surface area contributed by atoms with Gasteiger partial charge < -0.3 is 0 Å². The van der Waals surface area contributed by atoms with E-state index >= 15 is 0 Å². The summed E-state index contributed by atoms with van der Waals surface area (Å²) in [5, 5.41) is 1.37. The molecule has 0 aromatic carbocycles. The van der Waals surface area contributed by atoms with E-state index in [1.165, 1.54) is 83.5 Å². The SMILES string of the molecule is CCCCCCCCCCCCCCCCc1ncc(Cl)c(Cl)c1Cl. The molecule has 0 aliphatic carbocycles. The molecule has 0 saturated carbocycles. The van der Waals surface area contributed by atoms with Crippen molar-refractivity contribution in [3.8, 4) is 0 Å². The molecule has 0 N–H and O–H groups in total. The van der Waals surface area contributed by atoms with Crippen molar-refractivity contribution in [1.82, 2.24) is 4.98 Å². The second-order valence-electron chi connectivity index (χ2n) is 7.03. The largest absolute Gasteiger partial charge is 0.258 e. The molecule has 0 bridgehead atoms. The first-order chi connectivity index (χ1) is 12.2. The van der Waals surface area contributed by atoms with Crippen LogP contribution >= 0.6 is 34.8 Å². The van der Waals surface area contributed by atoms with Gasteiger partial charge >= 0.3 is 0 Å². The Hall–Kier alpha value is 0.0200. The fourth-order valence-corrected chi connectivity index (χ4v) is 3.74. The Labute approximate surface area is 169 Å². The molecule has 1 heterocycles. The lowest BCUT2D eigenvalue weighted by Crippen LogP contribution is -1.93. The standard InChI is InChI=1S/C21H34Cl3N/c1-2-3-4-5-6-7-8-9-10-11-12-13-14-15-16-19-21(24)20(23)18(22)17-25-19/h17H,2-16H2,1H3. The third kappa shape index (κ3) is 10.7. The first-order valence-corrected chi connectivity index (χ1v) is 11.3. The summed E-state index contributed by atoms with van der Waals surface area (Å²) in [5.41, 5.74) is 0.870. The number of hydrogen-bond donors (Lipinski definition) is 0. The molecule has 0 aliphatic rings. The highest BCUT2D eigenvalue weighted by molar-refractivity contribution is 6.48. The summed E-state index contributed by atoms with van der Waals surface area (Å²) < 4.78 is 0. The zero-order chi connectivity index (χ0) is 18.3. The van der Waals surface area contributed by atoms with Gasteiger partial charge in [0.1, 0.15) is 0 Å². The van der Waals surface area contributed by atoms with Gasteiger partial charge in [-0.15, -0.1) is 0 Å². The average molecular weight is 407 g/mol. The van der Waals surface area contributed by atoms with Gasteiger partial charge in [0.15, 0.2) is 0 Å². The number of halogens is 3. The number of pyridine rings is 1. The summed E-state index contributed by atoms with van der Waals surface area (Å²) >= 11 is 18.1. The molecule has 4 heteroatoms. The van der Waals surface area contributed by atoms with E-state index in [1.54, 1.807) is 6.20 Å². The first kappa shape index (κ1) is 23.1. The van der Waals surface area contributed by atoms with Gasteiger partial charge in [0.05, 0.1) is 20.8 Å². The number of rotatable bonds is 15. The molecule has 1 aromatic heterocycles. The fraction of sp³-hybridized carbons (Fsp3) is 0.762. The third-order valence-electron chi connectivity index (χ3n) is 4.76. The summed E-state index contributed by atoms with van der Waals surface area (Å²) in [7, 11) is 0. The summed E-state index contributed by atoms with van der Waals surface area (Å²) in [6, 6.07) is 0. The van der Waals surface area contributed by atoms with Crippen molar-refractivity contribution in [1.29, 1.82) is 0 Å². The minimum atomic E-state index is 0.427. The molecule has 144 valence electrons. The maximum atomic E-state index is 6.18. The van der Waals surface area contributed by atoms with Gasteiger partial charge in [0, 0.05) is 6.20 Å². The molecule has 0 amide bonds. The van der Waals surface area contributed by atoms with Gasteiger partial charge in [-0.2, -0.15) is 0 Å². The number of nitrogens with zero attached hydrogens (tertiary/aromatic N) is 1.